The van der Waals surface area contributed by atoms with Gasteiger partial charge in [0.1, 0.15) is 19.3 Å². The molecule has 1 saturated heterocycles. The number of carbonyl (C=O) groups is 3. The number of aliphatic hydroxyl groups is 1. The van der Waals surface area contributed by atoms with Crippen molar-refractivity contribution in [2.75, 3.05) is 25.6 Å². The summed E-state index contributed by atoms with van der Waals surface area (Å²) >= 11 is 0. The second-order valence-electron chi connectivity index (χ2n) is 6.78. The fourth-order valence-corrected chi connectivity index (χ4v) is 3.46. The van der Waals surface area contributed by atoms with Crippen LogP contribution in [0.15, 0.2) is 42.5 Å². The first-order valence-corrected chi connectivity index (χ1v) is 9.58. The highest BCUT2D eigenvalue weighted by Gasteiger charge is 2.23. The van der Waals surface area contributed by atoms with Crippen molar-refractivity contribution in [2.24, 2.45) is 0 Å². The molecule has 162 valence electrons. The number of aliphatic hydroxyl groups excluding tert-OH is 1. The summed E-state index contributed by atoms with van der Waals surface area (Å²) in [5.74, 6) is 0.636. The molecule has 7 heteroatoms. The van der Waals surface area contributed by atoms with E-state index in [1.165, 1.54) is 5.56 Å². The lowest BCUT2D eigenvalue weighted by molar-refractivity contribution is -0.0987. The Labute approximate surface area is 177 Å². The highest BCUT2D eigenvalue weighted by Crippen LogP contribution is 2.22. The number of carbonyl (C=O) groups excluding carboxylic acids is 3. The largest absolute Gasteiger partial charge is 0.496 e. The molecule has 1 atom stereocenters. The molecule has 0 saturated carbocycles. The minimum absolute atomic E-state index is 0.136. The first-order valence-electron chi connectivity index (χ1n) is 9.58. The average molecular weight is 415 g/mol. The lowest BCUT2D eigenvalue weighted by Gasteiger charge is -2.22. The van der Waals surface area contributed by atoms with Crippen LogP contribution < -0.4 is 10.1 Å². The first kappa shape index (κ1) is 25.0. The van der Waals surface area contributed by atoms with Gasteiger partial charge in [0.05, 0.1) is 13.7 Å². The maximum Gasteiger partial charge on any atom is 0.255 e. The van der Waals surface area contributed by atoms with Crippen molar-refractivity contribution in [3.8, 4) is 5.75 Å². The molecule has 0 spiro atoms. The normalized spacial score (nSPS) is 15.2. The highest BCUT2D eigenvalue weighted by molar-refractivity contribution is 6.04. The number of nitrogens with zero attached hydrogens (tertiary/aromatic N) is 1. The number of amides is 1. The molecule has 1 amide bonds. The van der Waals surface area contributed by atoms with Crippen molar-refractivity contribution in [3.63, 3.8) is 0 Å². The number of aryl methyl sites for hydroxylation is 1. The summed E-state index contributed by atoms with van der Waals surface area (Å²) in [7, 11) is 1.62. The summed E-state index contributed by atoms with van der Waals surface area (Å²) in [6.07, 6.45) is 2.20. The fourth-order valence-electron chi connectivity index (χ4n) is 3.46. The van der Waals surface area contributed by atoms with Crippen molar-refractivity contribution >= 4 is 25.2 Å². The number of likely N-dealkylation sites (tertiary alicyclic amines) is 1. The number of methoxy groups -OCH3 is 1. The molecular formula is C23H30N2O5. The van der Waals surface area contributed by atoms with Crippen LogP contribution in [0.1, 0.15) is 34.3 Å². The zero-order chi connectivity index (χ0) is 22.5. The smallest absolute Gasteiger partial charge is 0.255 e. The summed E-state index contributed by atoms with van der Waals surface area (Å²) in [6, 6.07) is 13.6. The summed E-state index contributed by atoms with van der Waals surface area (Å²) in [4.78, 5) is 30.7. The maximum absolute atomic E-state index is 12.4. The molecule has 30 heavy (non-hydrogen) atoms. The lowest BCUT2D eigenvalue weighted by Crippen LogP contribution is -2.31. The van der Waals surface area contributed by atoms with Gasteiger partial charge in [-0.2, -0.15) is 0 Å². The third-order valence-electron chi connectivity index (χ3n) is 4.96. The molecule has 1 aliphatic heterocycles. The van der Waals surface area contributed by atoms with Crippen molar-refractivity contribution in [1.29, 1.82) is 0 Å². The predicted molar refractivity (Wildman–Crippen MR) is 117 cm³/mol. The van der Waals surface area contributed by atoms with Crippen LogP contribution in [0.5, 0.6) is 5.75 Å². The lowest BCUT2D eigenvalue weighted by atomic mass is 10.1. The summed E-state index contributed by atoms with van der Waals surface area (Å²) in [6.45, 7) is 8.00. The Morgan fingerprint density at radius 3 is 2.40 bits per heavy atom. The van der Waals surface area contributed by atoms with E-state index in [4.69, 9.17) is 14.3 Å². The van der Waals surface area contributed by atoms with Gasteiger partial charge in [0.25, 0.3) is 5.91 Å². The second-order valence-corrected chi connectivity index (χ2v) is 6.78. The van der Waals surface area contributed by atoms with Gasteiger partial charge in [0.2, 0.25) is 0 Å². The standard InChI is InChI=1S/C21H26N2O3.2CH2O/c1-15-12-17(7-10-20(15)26-2)21(25)22-18-8-5-16(6-9-18)13-23-11-3-4-19(23)14-24;2*1-2/h5-10,12,19,24H,3-4,11,13-14H2,1-2H3,(H,22,25);2*1H2. The van der Waals surface area contributed by atoms with Gasteiger partial charge < -0.3 is 24.7 Å². The van der Waals surface area contributed by atoms with Crippen LogP contribution in [0.3, 0.4) is 0 Å². The minimum Gasteiger partial charge on any atom is -0.496 e. The molecule has 0 radical (unpaired) electrons. The van der Waals surface area contributed by atoms with Gasteiger partial charge in [-0.25, -0.2) is 0 Å². The van der Waals surface area contributed by atoms with E-state index in [1.54, 1.807) is 19.2 Å². The number of nitrogens with one attached hydrogen (secondary N) is 1. The van der Waals surface area contributed by atoms with Gasteiger partial charge in [-0.05, 0) is 67.8 Å². The van der Waals surface area contributed by atoms with E-state index < -0.39 is 0 Å². The van der Waals surface area contributed by atoms with Crippen LogP contribution in [-0.4, -0.2) is 55.8 Å². The van der Waals surface area contributed by atoms with Gasteiger partial charge in [-0.3, -0.25) is 9.69 Å². The van der Waals surface area contributed by atoms with Crippen LogP contribution in [0.4, 0.5) is 5.69 Å². The van der Waals surface area contributed by atoms with E-state index in [9.17, 15) is 9.90 Å². The third kappa shape index (κ3) is 6.79. The number of hydrogen-bond donors (Lipinski definition) is 2. The average Bonchev–Trinajstić information content (AvgIpc) is 3.25. The number of anilines is 1. The van der Waals surface area contributed by atoms with Gasteiger partial charge in [-0.15, -0.1) is 0 Å². The van der Waals surface area contributed by atoms with Crippen LogP contribution in [0, 0.1) is 6.92 Å². The summed E-state index contributed by atoms with van der Waals surface area (Å²) < 4.78 is 5.23. The van der Waals surface area contributed by atoms with Gasteiger partial charge in [0.15, 0.2) is 0 Å². The molecule has 1 fully saturated rings. The third-order valence-corrected chi connectivity index (χ3v) is 4.96. The molecule has 2 aromatic carbocycles. The van der Waals surface area contributed by atoms with Crippen LogP contribution >= 0.6 is 0 Å². The Bertz CT molecular complexity index is 793. The topological polar surface area (TPSA) is 95.9 Å². The monoisotopic (exact) mass is 414 g/mol. The Morgan fingerprint density at radius 2 is 1.83 bits per heavy atom. The zero-order valence-electron chi connectivity index (χ0n) is 17.6. The maximum atomic E-state index is 12.4. The Morgan fingerprint density at radius 1 is 1.17 bits per heavy atom. The second kappa shape index (κ2) is 13.2. The van der Waals surface area contributed by atoms with Crippen molar-refractivity contribution in [3.05, 3.63) is 59.2 Å². The quantitative estimate of drug-likeness (QED) is 0.755. The van der Waals surface area contributed by atoms with Crippen molar-refractivity contribution < 1.29 is 24.2 Å². The summed E-state index contributed by atoms with van der Waals surface area (Å²) in [5, 5.41) is 12.4. The SMILES string of the molecule is C=O.C=O.COc1ccc(C(=O)Nc2ccc(CN3CCCC3CO)cc2)cc1C. The molecule has 2 N–H and O–H groups in total. The molecule has 0 bridgehead atoms. The van der Waals surface area contributed by atoms with Gasteiger partial charge in [-0.1, -0.05) is 12.1 Å². The molecule has 1 aliphatic rings. The molecular weight excluding hydrogens is 384 g/mol. The number of hydrogen-bond acceptors (Lipinski definition) is 6. The van der Waals surface area contributed by atoms with E-state index in [0.29, 0.717) is 5.56 Å². The van der Waals surface area contributed by atoms with Crippen LogP contribution in [0.25, 0.3) is 0 Å². The van der Waals surface area contributed by atoms with E-state index in [1.807, 2.05) is 50.8 Å². The fraction of sp³-hybridized carbons (Fsp3) is 0.348. The zero-order valence-corrected chi connectivity index (χ0v) is 17.6. The first-order chi connectivity index (χ1) is 14.6. The molecule has 3 rings (SSSR count). The number of ether oxygens (including phenoxy) is 1. The van der Waals surface area contributed by atoms with E-state index in [2.05, 4.69) is 10.2 Å². The highest BCUT2D eigenvalue weighted by atomic mass is 16.5. The van der Waals surface area contributed by atoms with Crippen LogP contribution in [-0.2, 0) is 16.1 Å². The Kier molecular flexibility index (Phi) is 11.0. The molecule has 1 heterocycles. The molecule has 0 aromatic heterocycles. The van der Waals surface area contributed by atoms with Gasteiger partial charge in [0, 0.05) is 23.8 Å². The van der Waals surface area contributed by atoms with Crippen molar-refractivity contribution in [1.82, 2.24) is 4.90 Å². The molecule has 0 aliphatic carbocycles. The van der Waals surface area contributed by atoms with E-state index in [0.717, 1.165) is 42.9 Å². The van der Waals surface area contributed by atoms with Crippen LogP contribution in [0.2, 0.25) is 0 Å². The van der Waals surface area contributed by atoms with E-state index in [-0.39, 0.29) is 18.6 Å². The molecule has 1 unspecified atom stereocenters. The minimum atomic E-state index is -0.136. The summed E-state index contributed by atoms with van der Waals surface area (Å²) in [5.41, 5.74) is 3.49. The number of benzene rings is 2. The van der Waals surface area contributed by atoms with Crippen molar-refractivity contribution in [2.45, 2.75) is 32.4 Å². The predicted octanol–water partition coefficient (Wildman–Crippen LogP) is 2.84. The number of rotatable bonds is 6. The van der Waals surface area contributed by atoms with Gasteiger partial charge >= 0.3 is 0 Å². The Balaban J connectivity index is 0.00000106. The molecule has 7 nitrogen and oxygen atoms in total. The molecule has 2 aromatic rings. The Hall–Kier alpha value is -3.03. The van der Waals surface area contributed by atoms with E-state index >= 15 is 0 Å².